The van der Waals surface area contributed by atoms with Crippen molar-refractivity contribution in [2.45, 2.75) is 45.2 Å². The zero-order valence-corrected chi connectivity index (χ0v) is 21.5. The molecule has 2 aromatic carbocycles. The van der Waals surface area contributed by atoms with Crippen molar-refractivity contribution < 1.29 is 19.3 Å². The van der Waals surface area contributed by atoms with Crippen molar-refractivity contribution in [3.63, 3.8) is 0 Å². The van der Waals surface area contributed by atoms with Gasteiger partial charge in [-0.3, -0.25) is 24.5 Å². The first-order valence-electron chi connectivity index (χ1n) is 12.9. The number of nitro benzene ring substituents is 1. The van der Waals surface area contributed by atoms with E-state index in [9.17, 15) is 24.5 Å². The highest BCUT2D eigenvalue weighted by Gasteiger charge is 2.39. The van der Waals surface area contributed by atoms with Crippen LogP contribution in [0.3, 0.4) is 0 Å². The summed E-state index contributed by atoms with van der Waals surface area (Å²) >= 11 is 0. The molecule has 1 saturated heterocycles. The van der Waals surface area contributed by atoms with Crippen LogP contribution >= 0.6 is 0 Å². The summed E-state index contributed by atoms with van der Waals surface area (Å²) in [4.78, 5) is 56.9. The van der Waals surface area contributed by atoms with Crippen LogP contribution in [-0.2, 0) is 16.0 Å². The number of nitro groups is 1. The molecule has 3 amide bonds. The summed E-state index contributed by atoms with van der Waals surface area (Å²) in [5.41, 5.74) is 3.09. The maximum absolute atomic E-state index is 13.8. The summed E-state index contributed by atoms with van der Waals surface area (Å²) in [6.45, 7) is 5.22. The van der Waals surface area contributed by atoms with Crippen molar-refractivity contribution in [3.8, 4) is 0 Å². The maximum Gasteiger partial charge on any atom is 0.269 e. The molecule has 38 heavy (non-hydrogen) atoms. The van der Waals surface area contributed by atoms with E-state index in [2.05, 4.69) is 10.3 Å². The Hall–Kier alpha value is -4.21. The maximum atomic E-state index is 13.8. The van der Waals surface area contributed by atoms with Gasteiger partial charge in [0.2, 0.25) is 11.8 Å². The molecule has 5 rings (SSSR count). The van der Waals surface area contributed by atoms with Gasteiger partial charge in [-0.1, -0.05) is 18.2 Å². The molecule has 0 spiro atoms. The second-order valence-electron chi connectivity index (χ2n) is 10.3. The molecule has 2 atom stereocenters. The molecule has 2 heterocycles. The number of benzene rings is 2. The zero-order valence-electron chi connectivity index (χ0n) is 21.5. The Morgan fingerprint density at radius 2 is 1.87 bits per heavy atom. The lowest BCUT2D eigenvalue weighted by atomic mass is 10.0. The van der Waals surface area contributed by atoms with E-state index in [0.29, 0.717) is 19.6 Å². The van der Waals surface area contributed by atoms with Gasteiger partial charge in [0.1, 0.15) is 6.04 Å². The van der Waals surface area contributed by atoms with Gasteiger partial charge in [-0.05, 0) is 49.9 Å². The number of carbonyl (C=O) groups excluding carboxylic acids is 3. The van der Waals surface area contributed by atoms with Gasteiger partial charge in [0.15, 0.2) is 0 Å². The molecular weight excluding hydrogens is 486 g/mol. The minimum Gasteiger partial charge on any atom is -0.361 e. The topological polar surface area (TPSA) is 129 Å². The fourth-order valence-electron chi connectivity index (χ4n) is 5.20. The Bertz CT molecular complexity index is 1390. The van der Waals surface area contributed by atoms with Crippen LogP contribution in [-0.4, -0.2) is 69.1 Å². The number of carbonyl (C=O) groups is 3. The lowest BCUT2D eigenvalue weighted by Crippen LogP contribution is -2.59. The first-order valence-corrected chi connectivity index (χ1v) is 12.9. The Balaban J connectivity index is 1.37. The number of para-hydroxylation sites is 1. The van der Waals surface area contributed by atoms with Gasteiger partial charge >= 0.3 is 0 Å². The summed E-state index contributed by atoms with van der Waals surface area (Å²) in [5, 5.41) is 14.9. The Morgan fingerprint density at radius 1 is 1.13 bits per heavy atom. The number of fused-ring (bicyclic) bond motifs is 1. The predicted octanol–water partition coefficient (Wildman–Crippen LogP) is 3.19. The first kappa shape index (κ1) is 25.4. The Labute approximate surface area is 220 Å². The van der Waals surface area contributed by atoms with E-state index in [1.54, 1.807) is 4.90 Å². The lowest BCUT2D eigenvalue weighted by Gasteiger charge is -2.41. The van der Waals surface area contributed by atoms with E-state index < -0.39 is 16.9 Å². The highest BCUT2D eigenvalue weighted by molar-refractivity contribution is 5.98. The molecule has 2 fully saturated rings. The summed E-state index contributed by atoms with van der Waals surface area (Å²) in [5.74, 6) is -0.405. The summed E-state index contributed by atoms with van der Waals surface area (Å²) in [6.07, 6.45) is 4.01. The molecule has 2 N–H and O–H groups in total. The number of aromatic nitrogens is 1. The van der Waals surface area contributed by atoms with E-state index >= 15 is 0 Å². The van der Waals surface area contributed by atoms with E-state index in [4.69, 9.17) is 0 Å². The van der Waals surface area contributed by atoms with Crippen molar-refractivity contribution in [2.24, 2.45) is 5.92 Å². The van der Waals surface area contributed by atoms with Gasteiger partial charge in [-0.15, -0.1) is 0 Å². The number of hydrogen-bond donors (Lipinski definition) is 2. The fourth-order valence-corrected chi connectivity index (χ4v) is 5.20. The predicted molar refractivity (Wildman–Crippen MR) is 142 cm³/mol. The summed E-state index contributed by atoms with van der Waals surface area (Å²) in [7, 11) is 0. The second kappa shape index (κ2) is 10.3. The zero-order chi connectivity index (χ0) is 27.0. The number of H-pyrrole nitrogens is 1. The summed E-state index contributed by atoms with van der Waals surface area (Å²) in [6, 6.07) is 10.3. The third kappa shape index (κ3) is 5.11. The number of piperazine rings is 1. The van der Waals surface area contributed by atoms with Crippen LogP contribution in [0, 0.1) is 23.0 Å². The highest BCUT2D eigenvalue weighted by Crippen LogP contribution is 2.32. The number of hydrogen-bond acceptors (Lipinski definition) is 5. The normalized spacial score (nSPS) is 18.3. The van der Waals surface area contributed by atoms with Crippen LogP contribution < -0.4 is 5.32 Å². The van der Waals surface area contributed by atoms with E-state index in [1.807, 2.05) is 43.1 Å². The van der Waals surface area contributed by atoms with Crippen LogP contribution in [0.1, 0.15) is 41.3 Å². The number of aromatic amines is 1. The molecule has 10 nitrogen and oxygen atoms in total. The second-order valence-corrected chi connectivity index (χ2v) is 10.3. The SMILES string of the molecule is Cc1cccc2c(CC(NC(=O)c3ccc([N+](=O)[O-])cc3)C(=O)N3CCN(C(=O)C4CC4)C(C)C3)c[nH]c12. The first-order chi connectivity index (χ1) is 18.2. The van der Waals surface area contributed by atoms with Crippen molar-refractivity contribution >= 4 is 34.3 Å². The monoisotopic (exact) mass is 517 g/mol. The third-order valence-electron chi connectivity index (χ3n) is 7.53. The average Bonchev–Trinajstić information content (AvgIpc) is 3.68. The molecule has 1 aliphatic heterocycles. The standard InChI is InChI=1S/C28H31N5O5/c1-17-4-3-5-23-21(15-29-25(17)23)14-24(30-26(34)19-8-10-22(11-9-19)33(37)38)28(36)31-12-13-32(18(2)16-31)27(35)20-6-7-20/h3-5,8-11,15,18,20,24,29H,6-7,12-14,16H2,1-2H3,(H,30,34). The van der Waals surface area contributed by atoms with Crippen LogP contribution in [0.5, 0.6) is 0 Å². The number of aryl methyl sites for hydroxylation is 1. The molecule has 10 heteroatoms. The molecule has 3 aromatic rings. The molecule has 0 bridgehead atoms. The quantitative estimate of drug-likeness (QED) is 0.367. The minimum atomic E-state index is -0.852. The number of nitrogens with zero attached hydrogens (tertiary/aromatic N) is 3. The van der Waals surface area contributed by atoms with E-state index in [0.717, 1.165) is 34.9 Å². The minimum absolute atomic E-state index is 0.109. The van der Waals surface area contributed by atoms with Crippen molar-refractivity contribution in [1.29, 1.82) is 0 Å². The van der Waals surface area contributed by atoms with Crippen molar-refractivity contribution in [2.75, 3.05) is 19.6 Å². The molecule has 0 radical (unpaired) electrons. The van der Waals surface area contributed by atoms with E-state index in [-0.39, 0.29) is 41.4 Å². The number of non-ortho nitro benzene ring substituents is 1. The molecule has 2 unspecified atom stereocenters. The number of nitrogens with one attached hydrogen (secondary N) is 2. The number of rotatable bonds is 7. The molecule has 1 aromatic heterocycles. The van der Waals surface area contributed by atoms with Gasteiger partial charge in [-0.2, -0.15) is 0 Å². The smallest absolute Gasteiger partial charge is 0.269 e. The fraction of sp³-hybridized carbons (Fsp3) is 0.393. The van der Waals surface area contributed by atoms with Gasteiger partial charge < -0.3 is 20.1 Å². The van der Waals surface area contributed by atoms with Crippen LogP contribution in [0.2, 0.25) is 0 Å². The van der Waals surface area contributed by atoms with E-state index in [1.165, 1.54) is 24.3 Å². The summed E-state index contributed by atoms with van der Waals surface area (Å²) < 4.78 is 0. The van der Waals surface area contributed by atoms with Gasteiger partial charge in [0.05, 0.1) is 4.92 Å². The van der Waals surface area contributed by atoms with Crippen molar-refractivity contribution in [1.82, 2.24) is 20.1 Å². The van der Waals surface area contributed by atoms with Gasteiger partial charge in [0.25, 0.3) is 11.6 Å². The molecule has 2 aliphatic rings. The molecule has 1 saturated carbocycles. The number of amides is 3. The van der Waals surface area contributed by atoms with Gasteiger partial charge in [0, 0.05) is 72.8 Å². The van der Waals surface area contributed by atoms with Crippen LogP contribution in [0.25, 0.3) is 10.9 Å². The van der Waals surface area contributed by atoms with Gasteiger partial charge in [-0.25, -0.2) is 0 Å². The average molecular weight is 518 g/mol. The molecule has 198 valence electrons. The van der Waals surface area contributed by atoms with Crippen LogP contribution in [0.15, 0.2) is 48.7 Å². The Morgan fingerprint density at radius 3 is 2.53 bits per heavy atom. The largest absolute Gasteiger partial charge is 0.361 e. The Kier molecular flexibility index (Phi) is 6.88. The molecular formula is C28H31N5O5. The van der Waals surface area contributed by atoms with Crippen molar-refractivity contribution in [3.05, 3.63) is 75.5 Å². The third-order valence-corrected chi connectivity index (χ3v) is 7.53. The molecule has 1 aliphatic carbocycles. The lowest BCUT2D eigenvalue weighted by molar-refractivity contribution is -0.384. The highest BCUT2D eigenvalue weighted by atomic mass is 16.6. The van der Waals surface area contributed by atoms with Crippen LogP contribution in [0.4, 0.5) is 5.69 Å².